The van der Waals surface area contributed by atoms with Crippen molar-refractivity contribution in [2.75, 3.05) is 5.32 Å². The molecule has 0 radical (unpaired) electrons. The molecule has 0 spiro atoms. The molecular weight excluding hydrogens is 296 g/mol. The van der Waals surface area contributed by atoms with Gasteiger partial charge in [0.05, 0.1) is 6.04 Å². The standard InChI is InChI=1S/C18H22N2O.ClH/c1-3-15-12-16(10-9-13(15)2)20-18(21)17(19)11-14-7-5-4-6-8-14;/h4-10,12,17H,3,11,19H2,1-2H3,(H,20,21);1H. The summed E-state index contributed by atoms with van der Waals surface area (Å²) in [4.78, 5) is 12.2. The highest BCUT2D eigenvalue weighted by Crippen LogP contribution is 2.16. The topological polar surface area (TPSA) is 55.1 Å². The van der Waals surface area contributed by atoms with Gasteiger partial charge in [-0.15, -0.1) is 12.4 Å². The van der Waals surface area contributed by atoms with E-state index in [1.165, 1.54) is 11.1 Å². The number of carbonyl (C=O) groups excluding carboxylic acids is 1. The van der Waals surface area contributed by atoms with Gasteiger partial charge in [0.1, 0.15) is 0 Å². The largest absolute Gasteiger partial charge is 0.325 e. The van der Waals surface area contributed by atoms with Crippen molar-refractivity contribution in [2.24, 2.45) is 5.73 Å². The molecule has 1 unspecified atom stereocenters. The molecule has 4 heteroatoms. The number of benzene rings is 2. The SMILES string of the molecule is CCc1cc(NC(=O)C(N)Cc2ccccc2)ccc1C.Cl. The number of halogens is 1. The van der Waals surface area contributed by atoms with Crippen molar-refractivity contribution in [3.05, 3.63) is 65.2 Å². The third kappa shape index (κ3) is 4.86. The predicted octanol–water partition coefficient (Wildman–Crippen LogP) is 3.49. The van der Waals surface area contributed by atoms with Gasteiger partial charge in [-0.25, -0.2) is 0 Å². The Morgan fingerprint density at radius 2 is 1.86 bits per heavy atom. The molecule has 0 fully saturated rings. The summed E-state index contributed by atoms with van der Waals surface area (Å²) < 4.78 is 0. The third-order valence-corrected chi connectivity index (χ3v) is 3.63. The lowest BCUT2D eigenvalue weighted by Gasteiger charge is -2.13. The van der Waals surface area contributed by atoms with E-state index in [-0.39, 0.29) is 18.3 Å². The first-order valence-electron chi connectivity index (χ1n) is 7.30. The first-order valence-corrected chi connectivity index (χ1v) is 7.30. The van der Waals surface area contributed by atoms with E-state index in [4.69, 9.17) is 5.73 Å². The Hall–Kier alpha value is -1.84. The summed E-state index contributed by atoms with van der Waals surface area (Å²) in [5.74, 6) is -0.148. The zero-order valence-electron chi connectivity index (χ0n) is 13.0. The Morgan fingerprint density at radius 1 is 1.18 bits per heavy atom. The second kappa shape index (κ2) is 8.57. The van der Waals surface area contributed by atoms with E-state index in [1.807, 2.05) is 48.5 Å². The molecule has 3 N–H and O–H groups in total. The average Bonchev–Trinajstić information content (AvgIpc) is 2.50. The molecule has 0 aliphatic carbocycles. The quantitative estimate of drug-likeness (QED) is 0.886. The van der Waals surface area contributed by atoms with Crippen LogP contribution in [-0.2, 0) is 17.6 Å². The fourth-order valence-electron chi connectivity index (χ4n) is 2.33. The molecule has 0 bridgehead atoms. The van der Waals surface area contributed by atoms with Crippen molar-refractivity contribution in [3.63, 3.8) is 0 Å². The molecule has 0 aliphatic rings. The summed E-state index contributed by atoms with van der Waals surface area (Å²) in [5.41, 5.74) is 10.3. The smallest absolute Gasteiger partial charge is 0.241 e. The van der Waals surface area contributed by atoms with Gasteiger partial charge in [-0.05, 0) is 48.6 Å². The maximum Gasteiger partial charge on any atom is 0.241 e. The normalized spacial score (nSPS) is 11.4. The van der Waals surface area contributed by atoms with E-state index in [1.54, 1.807) is 0 Å². The van der Waals surface area contributed by atoms with Crippen LogP contribution in [0.25, 0.3) is 0 Å². The maximum atomic E-state index is 12.2. The van der Waals surface area contributed by atoms with Crippen molar-refractivity contribution in [3.8, 4) is 0 Å². The Kier molecular flexibility index (Phi) is 7.09. The fourth-order valence-corrected chi connectivity index (χ4v) is 2.33. The number of hydrogen-bond acceptors (Lipinski definition) is 2. The van der Waals surface area contributed by atoms with E-state index < -0.39 is 6.04 Å². The van der Waals surface area contributed by atoms with Crippen LogP contribution in [0.5, 0.6) is 0 Å². The highest BCUT2D eigenvalue weighted by Gasteiger charge is 2.14. The fraction of sp³-hybridized carbons (Fsp3) is 0.278. The van der Waals surface area contributed by atoms with Crippen LogP contribution in [0.15, 0.2) is 48.5 Å². The molecule has 22 heavy (non-hydrogen) atoms. The lowest BCUT2D eigenvalue weighted by atomic mass is 10.0. The van der Waals surface area contributed by atoms with Gasteiger partial charge in [-0.2, -0.15) is 0 Å². The molecule has 1 atom stereocenters. The molecule has 3 nitrogen and oxygen atoms in total. The predicted molar refractivity (Wildman–Crippen MR) is 94.6 cm³/mol. The Morgan fingerprint density at radius 3 is 2.50 bits per heavy atom. The molecule has 2 aromatic rings. The second-order valence-electron chi connectivity index (χ2n) is 5.28. The summed E-state index contributed by atoms with van der Waals surface area (Å²) >= 11 is 0. The summed E-state index contributed by atoms with van der Waals surface area (Å²) in [5, 5.41) is 2.90. The minimum absolute atomic E-state index is 0. The molecule has 118 valence electrons. The van der Waals surface area contributed by atoms with Crippen molar-refractivity contribution in [2.45, 2.75) is 32.7 Å². The van der Waals surface area contributed by atoms with Crippen molar-refractivity contribution >= 4 is 24.0 Å². The number of nitrogens with two attached hydrogens (primary N) is 1. The van der Waals surface area contributed by atoms with Crippen molar-refractivity contribution < 1.29 is 4.79 Å². The molecule has 0 aliphatic heterocycles. The van der Waals surface area contributed by atoms with Gasteiger partial charge in [0.15, 0.2) is 0 Å². The number of anilines is 1. The minimum atomic E-state index is -0.543. The lowest BCUT2D eigenvalue weighted by molar-refractivity contribution is -0.117. The zero-order valence-corrected chi connectivity index (χ0v) is 13.8. The van der Waals surface area contributed by atoms with Crippen LogP contribution >= 0.6 is 12.4 Å². The Balaban J connectivity index is 0.00000242. The highest BCUT2D eigenvalue weighted by molar-refractivity contribution is 5.95. The van der Waals surface area contributed by atoms with Gasteiger partial charge in [0.25, 0.3) is 0 Å². The van der Waals surface area contributed by atoms with Crippen LogP contribution in [-0.4, -0.2) is 11.9 Å². The number of rotatable bonds is 5. The van der Waals surface area contributed by atoms with Gasteiger partial charge < -0.3 is 11.1 Å². The number of hydrogen-bond donors (Lipinski definition) is 2. The first-order chi connectivity index (χ1) is 10.1. The number of aryl methyl sites for hydroxylation is 2. The first kappa shape index (κ1) is 18.2. The van der Waals surface area contributed by atoms with Crippen LogP contribution in [0.1, 0.15) is 23.6 Å². The lowest BCUT2D eigenvalue weighted by Crippen LogP contribution is -2.37. The van der Waals surface area contributed by atoms with Gasteiger partial charge in [-0.3, -0.25) is 4.79 Å². The average molecular weight is 319 g/mol. The number of nitrogens with one attached hydrogen (secondary N) is 1. The second-order valence-corrected chi connectivity index (χ2v) is 5.28. The number of carbonyl (C=O) groups is 1. The van der Waals surface area contributed by atoms with Gasteiger partial charge in [-0.1, -0.05) is 43.3 Å². The molecule has 0 heterocycles. The van der Waals surface area contributed by atoms with Crippen LogP contribution in [0.3, 0.4) is 0 Å². The molecule has 0 saturated carbocycles. The summed E-state index contributed by atoms with van der Waals surface area (Å²) in [6.07, 6.45) is 1.49. The van der Waals surface area contributed by atoms with Gasteiger partial charge in [0, 0.05) is 5.69 Å². The summed E-state index contributed by atoms with van der Waals surface area (Å²) in [6, 6.07) is 15.2. The minimum Gasteiger partial charge on any atom is -0.325 e. The van der Waals surface area contributed by atoms with Gasteiger partial charge >= 0.3 is 0 Å². The van der Waals surface area contributed by atoms with E-state index in [9.17, 15) is 4.79 Å². The summed E-state index contributed by atoms with van der Waals surface area (Å²) in [6.45, 7) is 4.18. The van der Waals surface area contributed by atoms with E-state index >= 15 is 0 Å². The van der Waals surface area contributed by atoms with Crippen LogP contribution < -0.4 is 11.1 Å². The zero-order chi connectivity index (χ0) is 15.2. The highest BCUT2D eigenvalue weighted by atomic mass is 35.5. The third-order valence-electron chi connectivity index (χ3n) is 3.63. The molecule has 0 aromatic heterocycles. The van der Waals surface area contributed by atoms with Crippen molar-refractivity contribution in [1.29, 1.82) is 0 Å². The maximum absolute atomic E-state index is 12.2. The Bertz CT molecular complexity index is 614. The molecule has 2 aromatic carbocycles. The number of amides is 1. The summed E-state index contributed by atoms with van der Waals surface area (Å²) in [7, 11) is 0. The molecule has 0 saturated heterocycles. The molecule has 2 rings (SSSR count). The van der Waals surface area contributed by atoms with E-state index in [2.05, 4.69) is 19.2 Å². The van der Waals surface area contributed by atoms with Crippen molar-refractivity contribution in [1.82, 2.24) is 0 Å². The molecule has 1 amide bonds. The van der Waals surface area contributed by atoms with E-state index in [0.29, 0.717) is 6.42 Å². The van der Waals surface area contributed by atoms with Crippen LogP contribution in [0.4, 0.5) is 5.69 Å². The van der Waals surface area contributed by atoms with Crippen LogP contribution in [0, 0.1) is 6.92 Å². The molecular formula is C18H23ClN2O. The van der Waals surface area contributed by atoms with Crippen LogP contribution in [0.2, 0.25) is 0 Å². The monoisotopic (exact) mass is 318 g/mol. The van der Waals surface area contributed by atoms with Gasteiger partial charge in [0.2, 0.25) is 5.91 Å². The van der Waals surface area contributed by atoms with E-state index in [0.717, 1.165) is 17.7 Å². The Labute approximate surface area is 138 Å².